The van der Waals surface area contributed by atoms with Crippen molar-refractivity contribution >= 4 is 70.9 Å². The number of aromatic nitrogens is 2. The average Bonchev–Trinajstić information content (AvgIpc) is 3.39. The van der Waals surface area contributed by atoms with E-state index in [1.54, 1.807) is 49.4 Å². The van der Waals surface area contributed by atoms with Crippen LogP contribution < -0.4 is 5.32 Å². The van der Waals surface area contributed by atoms with Crippen molar-refractivity contribution in [3.63, 3.8) is 0 Å². The highest BCUT2D eigenvalue weighted by Gasteiger charge is 2.38. The van der Waals surface area contributed by atoms with Gasteiger partial charge in [0, 0.05) is 29.3 Å². The predicted molar refractivity (Wildman–Crippen MR) is 138 cm³/mol. The van der Waals surface area contributed by atoms with Crippen LogP contribution in [0.5, 0.6) is 0 Å². The Morgan fingerprint density at radius 3 is 2.71 bits per heavy atom. The van der Waals surface area contributed by atoms with Crippen LogP contribution in [0.1, 0.15) is 42.2 Å². The van der Waals surface area contributed by atoms with Crippen molar-refractivity contribution in [1.29, 1.82) is 0 Å². The third-order valence-electron chi connectivity index (χ3n) is 5.28. The first-order valence-corrected chi connectivity index (χ1v) is 13.4. The number of nitrogens with zero attached hydrogens (tertiary/aromatic N) is 1. The maximum absolute atomic E-state index is 13.9. The number of anilines is 1. The number of ether oxygens (including phenoxy) is 1. The average molecular weight is 532 g/mol. The van der Waals surface area contributed by atoms with Crippen molar-refractivity contribution in [2.45, 2.75) is 31.0 Å². The number of carbonyl (C=O) groups is 2. The summed E-state index contributed by atoms with van der Waals surface area (Å²) in [5, 5.41) is 3.04. The Morgan fingerprint density at radius 1 is 1.26 bits per heavy atom. The van der Waals surface area contributed by atoms with E-state index in [0.717, 1.165) is 0 Å². The molecule has 35 heavy (non-hydrogen) atoms. The number of esters is 1. The fourth-order valence-corrected chi connectivity index (χ4v) is 6.60. The molecule has 2 atom stereocenters. The van der Waals surface area contributed by atoms with Crippen LogP contribution in [0, 0.1) is 0 Å². The van der Waals surface area contributed by atoms with E-state index in [1.807, 2.05) is 0 Å². The highest BCUT2D eigenvalue weighted by atomic mass is 35.5. The molecule has 2 N–H and O–H groups in total. The molecule has 0 radical (unpaired) electrons. The van der Waals surface area contributed by atoms with E-state index in [1.165, 1.54) is 24.3 Å². The number of nitrogens with one attached hydrogen (secondary N) is 2. The Bertz CT molecular complexity index is 1560. The first-order chi connectivity index (χ1) is 16.6. The number of thiazole rings is 1. The number of hydrogen-bond acceptors (Lipinski definition) is 7. The maximum Gasteiger partial charge on any atom is 0.307 e. The minimum absolute atomic E-state index is 0.00951. The lowest BCUT2D eigenvalue weighted by Crippen LogP contribution is -2.24. The first kappa shape index (κ1) is 24.9. The molecular weight excluding hydrogens is 510 g/mol. The molecule has 4 aromatic rings. The maximum atomic E-state index is 13.9. The summed E-state index contributed by atoms with van der Waals surface area (Å²) in [4.78, 5) is 31.0. The van der Waals surface area contributed by atoms with Gasteiger partial charge in [-0.25, -0.2) is 13.4 Å². The third kappa shape index (κ3) is 5.09. The minimum Gasteiger partial charge on any atom is -0.439 e. The van der Waals surface area contributed by atoms with Gasteiger partial charge in [-0.05, 0) is 42.0 Å². The zero-order valence-electron chi connectivity index (χ0n) is 18.9. The highest BCUT2D eigenvalue weighted by molar-refractivity contribution is 7.91. The quantitative estimate of drug-likeness (QED) is 0.223. The topological polar surface area (TPSA) is 118 Å². The highest BCUT2D eigenvalue weighted by Crippen LogP contribution is 2.39. The van der Waals surface area contributed by atoms with Crippen LogP contribution >= 0.6 is 22.9 Å². The van der Waals surface area contributed by atoms with Gasteiger partial charge in [0.1, 0.15) is 5.25 Å². The van der Waals surface area contributed by atoms with Crippen LogP contribution in [-0.2, 0) is 24.2 Å². The van der Waals surface area contributed by atoms with Crippen LogP contribution in [0.15, 0.2) is 55.1 Å². The van der Waals surface area contributed by atoms with Gasteiger partial charge in [0.2, 0.25) is 21.2 Å². The van der Waals surface area contributed by atoms with Crippen LogP contribution in [0.4, 0.5) is 5.13 Å². The number of amides is 1. The molecule has 4 rings (SSSR count). The molecule has 0 bridgehead atoms. The van der Waals surface area contributed by atoms with E-state index in [4.69, 9.17) is 16.3 Å². The van der Waals surface area contributed by atoms with Crippen molar-refractivity contribution in [2.75, 3.05) is 5.32 Å². The predicted octanol–water partition coefficient (Wildman–Crippen LogP) is 5.68. The number of benzene rings is 2. The van der Waals surface area contributed by atoms with E-state index in [9.17, 15) is 18.0 Å². The zero-order valence-corrected chi connectivity index (χ0v) is 21.3. The number of rotatable bonds is 8. The second-order valence-electron chi connectivity index (χ2n) is 7.80. The van der Waals surface area contributed by atoms with E-state index < -0.39 is 26.5 Å². The molecule has 2 aromatic carbocycles. The van der Waals surface area contributed by atoms with Gasteiger partial charge in [0.25, 0.3) is 0 Å². The number of hydrogen-bond donors (Lipinski definition) is 2. The van der Waals surface area contributed by atoms with Gasteiger partial charge in [-0.1, -0.05) is 42.0 Å². The lowest BCUT2D eigenvalue weighted by atomic mass is 10.1. The Hall–Kier alpha value is -3.21. The molecule has 0 aliphatic carbocycles. The number of sulfone groups is 1. The fraction of sp³-hybridized carbons (Fsp3) is 0.208. The SMILES string of the molecule is C=CC(c1ccc2nc(NC(C)=O)sc2c1)S(=O)(=O)C(OC(=O)CC)c1cc2cc(Cl)ccc2[nH]1. The van der Waals surface area contributed by atoms with Crippen LogP contribution in [0.2, 0.25) is 5.02 Å². The van der Waals surface area contributed by atoms with Gasteiger partial charge in [0.15, 0.2) is 5.13 Å². The summed E-state index contributed by atoms with van der Waals surface area (Å²) < 4.78 is 33.9. The van der Waals surface area contributed by atoms with Gasteiger partial charge >= 0.3 is 5.97 Å². The summed E-state index contributed by atoms with van der Waals surface area (Å²) >= 11 is 7.30. The monoisotopic (exact) mass is 531 g/mol. The lowest BCUT2D eigenvalue weighted by Gasteiger charge is -2.22. The normalized spacial score (nSPS) is 13.5. The molecule has 1 amide bonds. The van der Waals surface area contributed by atoms with Crippen molar-refractivity contribution in [3.05, 3.63) is 71.4 Å². The minimum atomic E-state index is -4.17. The van der Waals surface area contributed by atoms with Gasteiger partial charge < -0.3 is 15.0 Å². The summed E-state index contributed by atoms with van der Waals surface area (Å²) in [5.41, 5.74) is 0.328. The molecule has 0 aliphatic rings. The number of H-pyrrole nitrogens is 1. The molecule has 0 saturated carbocycles. The molecule has 8 nitrogen and oxygen atoms in total. The van der Waals surface area contributed by atoms with Crippen molar-refractivity contribution in [3.8, 4) is 0 Å². The molecule has 11 heteroatoms. The molecule has 2 heterocycles. The zero-order chi connectivity index (χ0) is 25.3. The Kier molecular flexibility index (Phi) is 6.98. The van der Waals surface area contributed by atoms with E-state index >= 15 is 0 Å². The molecule has 0 aliphatic heterocycles. The van der Waals surface area contributed by atoms with E-state index in [2.05, 4.69) is 21.9 Å². The number of fused-ring (bicyclic) bond motifs is 2. The van der Waals surface area contributed by atoms with Crippen LogP contribution in [0.3, 0.4) is 0 Å². The summed E-state index contributed by atoms with van der Waals surface area (Å²) in [7, 11) is -4.17. The molecule has 182 valence electrons. The Morgan fingerprint density at radius 2 is 2.03 bits per heavy atom. The van der Waals surface area contributed by atoms with Gasteiger partial charge in [-0.15, -0.1) is 6.58 Å². The van der Waals surface area contributed by atoms with Crippen LogP contribution in [0.25, 0.3) is 21.1 Å². The third-order valence-corrected chi connectivity index (χ3v) is 8.56. The van der Waals surface area contributed by atoms with Crippen molar-refractivity contribution in [2.24, 2.45) is 0 Å². The number of aromatic amines is 1. The number of carbonyl (C=O) groups excluding carboxylic acids is 2. The summed E-state index contributed by atoms with van der Waals surface area (Å²) in [6.07, 6.45) is 1.31. The largest absolute Gasteiger partial charge is 0.439 e. The molecule has 0 saturated heterocycles. The fourth-order valence-electron chi connectivity index (χ4n) is 3.68. The smallest absolute Gasteiger partial charge is 0.307 e. The van der Waals surface area contributed by atoms with Gasteiger partial charge in [-0.2, -0.15) is 0 Å². The molecule has 0 spiro atoms. The van der Waals surface area contributed by atoms with Gasteiger partial charge in [-0.3, -0.25) is 9.59 Å². The van der Waals surface area contributed by atoms with E-state index in [-0.39, 0.29) is 18.0 Å². The van der Waals surface area contributed by atoms with Crippen molar-refractivity contribution < 1.29 is 22.7 Å². The Labute approximate surface area is 210 Å². The molecule has 2 aromatic heterocycles. The standard InChI is InChI=1S/C24H22ClN3O5S2/c1-4-21(14-6-8-18-20(12-14)34-24(28-18)26-13(3)29)35(31,32)23(33-22(30)5-2)19-11-15-10-16(25)7-9-17(15)27-19/h4,6-12,21,23,27H,1,5H2,2-3H3,(H,26,28,29). The summed E-state index contributed by atoms with van der Waals surface area (Å²) in [6, 6.07) is 11.7. The van der Waals surface area contributed by atoms with Crippen molar-refractivity contribution in [1.82, 2.24) is 9.97 Å². The summed E-state index contributed by atoms with van der Waals surface area (Å²) in [6.45, 7) is 6.71. The second kappa shape index (κ2) is 9.80. The molecular formula is C24H22ClN3O5S2. The summed E-state index contributed by atoms with van der Waals surface area (Å²) in [5.74, 6) is -0.910. The van der Waals surface area contributed by atoms with Crippen LogP contribution in [-0.4, -0.2) is 30.3 Å². The molecule has 0 fully saturated rings. The Balaban J connectivity index is 1.78. The lowest BCUT2D eigenvalue weighted by molar-refractivity contribution is -0.145. The first-order valence-electron chi connectivity index (χ1n) is 10.6. The number of halogens is 1. The molecule has 2 unspecified atom stereocenters. The van der Waals surface area contributed by atoms with Gasteiger partial charge in [0.05, 0.1) is 15.9 Å². The van der Waals surface area contributed by atoms with E-state index in [0.29, 0.717) is 36.8 Å². The second-order valence-corrected chi connectivity index (χ2v) is 11.4.